The van der Waals surface area contributed by atoms with Crippen LogP contribution in [0, 0.1) is 5.92 Å². The Bertz CT molecular complexity index is 172. The minimum absolute atomic E-state index is 0.492. The molecule has 0 aliphatic rings. The molecule has 0 aromatic carbocycles. The summed E-state index contributed by atoms with van der Waals surface area (Å²) in [7, 11) is 0. The van der Waals surface area contributed by atoms with Gasteiger partial charge in [-0.1, -0.05) is 31.9 Å². The van der Waals surface area contributed by atoms with Crippen LogP contribution in [-0.4, -0.2) is 0 Å². The molecule has 0 radical (unpaired) electrons. The van der Waals surface area contributed by atoms with Crippen molar-refractivity contribution in [3.05, 3.63) is 36.3 Å². The minimum Gasteiger partial charge on any atom is -0.0949 e. The zero-order chi connectivity index (χ0) is 7.28. The molecule has 0 spiro atoms. The molecule has 0 heteroatoms. The lowest BCUT2D eigenvalue weighted by molar-refractivity contribution is 0.795. The van der Waals surface area contributed by atoms with Crippen LogP contribution in [0.15, 0.2) is 36.3 Å². The normalized spacial score (nSPS) is 7.89. The van der Waals surface area contributed by atoms with Crippen molar-refractivity contribution in [2.24, 2.45) is 5.92 Å². The third kappa shape index (κ3) is 3.61. The molecule has 0 aliphatic carbocycles. The van der Waals surface area contributed by atoms with Gasteiger partial charge in [0.15, 0.2) is 0 Å². The van der Waals surface area contributed by atoms with E-state index in [9.17, 15) is 0 Å². The third-order valence-corrected chi connectivity index (χ3v) is 1.10. The van der Waals surface area contributed by atoms with E-state index in [-0.39, 0.29) is 0 Å². The van der Waals surface area contributed by atoms with Crippen molar-refractivity contribution in [3.8, 4) is 0 Å². The molecular formula is C9H12. The summed E-state index contributed by atoms with van der Waals surface area (Å²) in [5, 5.41) is 0. The van der Waals surface area contributed by atoms with Crippen LogP contribution in [0.3, 0.4) is 0 Å². The second-order valence-electron chi connectivity index (χ2n) is 2.20. The van der Waals surface area contributed by atoms with Crippen LogP contribution in [-0.2, 0) is 0 Å². The second-order valence-corrected chi connectivity index (χ2v) is 2.20. The average molecular weight is 120 g/mol. The molecular weight excluding hydrogens is 108 g/mol. The maximum atomic E-state index is 3.81. The Balaban J connectivity index is 4.09. The standard InChI is InChI=1S/C9H12/c1-5-6-7-9(4)8(2)3/h7-8H,1,4H2,2-3H3. The quantitative estimate of drug-likeness (QED) is 0.388. The summed E-state index contributed by atoms with van der Waals surface area (Å²) >= 11 is 0. The molecule has 0 atom stereocenters. The van der Waals surface area contributed by atoms with Gasteiger partial charge in [0.05, 0.1) is 0 Å². The van der Waals surface area contributed by atoms with Crippen molar-refractivity contribution in [1.82, 2.24) is 0 Å². The Morgan fingerprint density at radius 3 is 2.44 bits per heavy atom. The molecule has 0 aromatic heterocycles. The predicted molar refractivity (Wildman–Crippen MR) is 41.2 cm³/mol. The third-order valence-electron chi connectivity index (χ3n) is 1.10. The fourth-order valence-corrected chi connectivity index (χ4v) is 0.310. The summed E-state index contributed by atoms with van der Waals surface area (Å²) in [5.74, 6) is 0.492. The fourth-order valence-electron chi connectivity index (χ4n) is 0.310. The number of allylic oxidation sites excluding steroid dienone is 2. The lowest BCUT2D eigenvalue weighted by Gasteiger charge is -1.99. The van der Waals surface area contributed by atoms with Gasteiger partial charge in [-0.25, -0.2) is 0 Å². The van der Waals surface area contributed by atoms with Crippen LogP contribution in [0.2, 0.25) is 0 Å². The van der Waals surface area contributed by atoms with Gasteiger partial charge >= 0.3 is 0 Å². The van der Waals surface area contributed by atoms with E-state index < -0.39 is 0 Å². The summed E-state index contributed by atoms with van der Waals surface area (Å²) in [6.45, 7) is 11.4. The molecule has 0 aromatic rings. The highest BCUT2D eigenvalue weighted by Crippen LogP contribution is 2.05. The van der Waals surface area contributed by atoms with Gasteiger partial charge in [0.25, 0.3) is 0 Å². The zero-order valence-electron chi connectivity index (χ0n) is 6.07. The van der Waals surface area contributed by atoms with Gasteiger partial charge in [-0.3, -0.25) is 0 Å². The van der Waals surface area contributed by atoms with E-state index in [1.165, 1.54) is 0 Å². The maximum Gasteiger partial charge on any atom is -0.00867 e. The van der Waals surface area contributed by atoms with Crippen LogP contribution in [0.1, 0.15) is 13.8 Å². The summed E-state index contributed by atoms with van der Waals surface area (Å²) < 4.78 is 0. The molecule has 9 heavy (non-hydrogen) atoms. The van der Waals surface area contributed by atoms with E-state index in [0.29, 0.717) is 5.92 Å². The molecule has 0 aliphatic heterocycles. The molecule has 0 saturated heterocycles. The molecule has 0 bridgehead atoms. The SMILES string of the molecule is C=C=C=CC(=C)C(C)C. The van der Waals surface area contributed by atoms with Crippen LogP contribution in [0.4, 0.5) is 0 Å². The highest BCUT2D eigenvalue weighted by molar-refractivity contribution is 5.15. The van der Waals surface area contributed by atoms with E-state index in [0.717, 1.165) is 5.57 Å². The van der Waals surface area contributed by atoms with Crippen LogP contribution >= 0.6 is 0 Å². The highest BCUT2D eigenvalue weighted by atomic mass is 14.0. The van der Waals surface area contributed by atoms with Crippen LogP contribution in [0.5, 0.6) is 0 Å². The van der Waals surface area contributed by atoms with E-state index in [4.69, 9.17) is 0 Å². The van der Waals surface area contributed by atoms with E-state index in [1.807, 2.05) is 0 Å². The minimum atomic E-state index is 0.492. The Hall–Kier alpha value is -0.960. The molecule has 0 amide bonds. The Kier molecular flexibility index (Phi) is 3.55. The van der Waals surface area contributed by atoms with E-state index in [2.05, 4.69) is 38.5 Å². The lowest BCUT2D eigenvalue weighted by Crippen LogP contribution is -1.85. The van der Waals surface area contributed by atoms with Crippen molar-refractivity contribution in [2.45, 2.75) is 13.8 Å². The van der Waals surface area contributed by atoms with E-state index in [1.54, 1.807) is 6.08 Å². The van der Waals surface area contributed by atoms with E-state index >= 15 is 0 Å². The maximum absolute atomic E-state index is 3.81. The lowest BCUT2D eigenvalue weighted by atomic mass is 10.1. The fraction of sp³-hybridized carbons (Fsp3) is 0.333. The van der Waals surface area contributed by atoms with Crippen molar-refractivity contribution in [3.63, 3.8) is 0 Å². The first kappa shape index (κ1) is 8.04. The Morgan fingerprint density at radius 1 is 1.56 bits per heavy atom. The predicted octanol–water partition coefficient (Wildman–Crippen LogP) is 2.69. The Labute approximate surface area is 56.9 Å². The summed E-state index contributed by atoms with van der Waals surface area (Å²) in [6, 6.07) is 0. The first-order valence-corrected chi connectivity index (χ1v) is 2.98. The molecule has 0 fully saturated rings. The summed E-state index contributed by atoms with van der Waals surface area (Å²) in [6.07, 6.45) is 1.80. The Morgan fingerprint density at radius 2 is 2.11 bits per heavy atom. The molecule has 0 nitrogen and oxygen atoms in total. The van der Waals surface area contributed by atoms with Gasteiger partial charge in [0, 0.05) is 0 Å². The van der Waals surface area contributed by atoms with Gasteiger partial charge in [0.1, 0.15) is 0 Å². The molecule has 0 saturated carbocycles. The van der Waals surface area contributed by atoms with Crippen LogP contribution < -0.4 is 0 Å². The molecule has 0 unspecified atom stereocenters. The smallest absolute Gasteiger partial charge is 0.00867 e. The topological polar surface area (TPSA) is 0 Å². The number of rotatable bonds is 2. The molecule has 48 valence electrons. The highest BCUT2D eigenvalue weighted by Gasteiger charge is 1.91. The first-order chi connectivity index (χ1) is 4.18. The number of hydrogen-bond acceptors (Lipinski definition) is 0. The zero-order valence-corrected chi connectivity index (χ0v) is 6.07. The van der Waals surface area contributed by atoms with Crippen molar-refractivity contribution in [2.75, 3.05) is 0 Å². The largest absolute Gasteiger partial charge is 0.0949 e. The summed E-state index contributed by atoms with van der Waals surface area (Å²) in [4.78, 5) is 0. The van der Waals surface area contributed by atoms with Crippen LogP contribution in [0.25, 0.3) is 0 Å². The van der Waals surface area contributed by atoms with Gasteiger partial charge in [-0.05, 0) is 24.1 Å². The van der Waals surface area contributed by atoms with Gasteiger partial charge in [-0.2, -0.15) is 0 Å². The molecule has 0 heterocycles. The van der Waals surface area contributed by atoms with Crippen molar-refractivity contribution in [1.29, 1.82) is 0 Å². The van der Waals surface area contributed by atoms with Crippen molar-refractivity contribution >= 4 is 0 Å². The monoisotopic (exact) mass is 120 g/mol. The van der Waals surface area contributed by atoms with Gasteiger partial charge in [0.2, 0.25) is 0 Å². The van der Waals surface area contributed by atoms with Gasteiger partial charge < -0.3 is 0 Å². The molecule has 0 N–H and O–H groups in total. The first-order valence-electron chi connectivity index (χ1n) is 2.98. The van der Waals surface area contributed by atoms with Crippen molar-refractivity contribution < 1.29 is 0 Å². The molecule has 0 rings (SSSR count). The second kappa shape index (κ2) is 3.97. The summed E-state index contributed by atoms with van der Waals surface area (Å²) in [5.41, 5.74) is 6.34. The van der Waals surface area contributed by atoms with Gasteiger partial charge in [-0.15, -0.1) is 0 Å². The number of hydrogen-bond donors (Lipinski definition) is 0. The average Bonchev–Trinajstić information content (AvgIpc) is 1.82.